The molecule has 14 nitrogen and oxygen atoms in total. The number of carbonyl (C=O) groups is 4. The van der Waals surface area contributed by atoms with Gasteiger partial charge in [0.25, 0.3) is 11.7 Å². The third-order valence-corrected chi connectivity index (χ3v) is 10.3. The van der Waals surface area contributed by atoms with E-state index in [9.17, 15) is 34.5 Å². The number of allylic oxidation sites excluding steroid dienone is 2. The summed E-state index contributed by atoms with van der Waals surface area (Å²) in [4.78, 5) is 65.1. The van der Waals surface area contributed by atoms with E-state index in [0.717, 1.165) is 0 Å². The number of ether oxygens (including phenoxy) is 4. The number of nitrogens with zero attached hydrogens (tertiary/aromatic N) is 2. The van der Waals surface area contributed by atoms with Crippen LogP contribution in [-0.4, -0.2) is 91.8 Å². The third kappa shape index (κ3) is 6.61. The Morgan fingerprint density at radius 3 is 2.33 bits per heavy atom. The summed E-state index contributed by atoms with van der Waals surface area (Å²) in [7, 11) is 1.44. The Bertz CT molecular complexity index is 1920. The van der Waals surface area contributed by atoms with Gasteiger partial charge in [0.2, 0.25) is 5.78 Å². The second-order valence-corrected chi connectivity index (χ2v) is 13.9. The van der Waals surface area contributed by atoms with E-state index in [4.69, 9.17) is 18.9 Å². The Hall–Kier alpha value is -4.92. The van der Waals surface area contributed by atoms with Crippen molar-refractivity contribution in [2.45, 2.75) is 85.6 Å². The van der Waals surface area contributed by atoms with Crippen molar-refractivity contribution in [3.63, 3.8) is 0 Å². The zero-order valence-electron chi connectivity index (χ0n) is 30.6. The lowest BCUT2D eigenvalue weighted by Crippen LogP contribution is -2.46. The number of benzene rings is 1. The van der Waals surface area contributed by atoms with Gasteiger partial charge < -0.3 is 39.3 Å². The van der Waals surface area contributed by atoms with Gasteiger partial charge in [0.1, 0.15) is 23.3 Å². The summed E-state index contributed by atoms with van der Waals surface area (Å²) in [6.07, 6.45) is 4.95. The monoisotopic (exact) mass is 719 g/mol. The molecule has 2 aromatic rings. The number of imidazole rings is 1. The Morgan fingerprint density at radius 2 is 1.67 bits per heavy atom. The van der Waals surface area contributed by atoms with E-state index >= 15 is 0 Å². The Balaban J connectivity index is 1.66. The number of aromatic hydroxyl groups is 1. The maximum Gasteiger partial charge on any atom is 0.312 e. The minimum Gasteiger partial charge on any atom is -0.507 e. The molecular formula is C38H45N3O11. The number of esters is 1. The number of amides is 1. The number of H-pyrrole nitrogens is 1. The Morgan fingerprint density at radius 1 is 0.981 bits per heavy atom. The van der Waals surface area contributed by atoms with E-state index < -0.39 is 83.1 Å². The van der Waals surface area contributed by atoms with Crippen molar-refractivity contribution in [2.75, 3.05) is 7.11 Å². The number of Topliss-reactive ketones (excluding diaryl/α,β-unsaturated/α-hetero) is 2. The van der Waals surface area contributed by atoms with Gasteiger partial charge in [-0.3, -0.25) is 19.2 Å². The quantitative estimate of drug-likeness (QED) is 0.323. The summed E-state index contributed by atoms with van der Waals surface area (Å²) in [5, 5.41) is 34.0. The Kier molecular flexibility index (Phi) is 10.8. The fourth-order valence-electron chi connectivity index (χ4n) is 7.08. The van der Waals surface area contributed by atoms with Crippen LogP contribution in [0, 0.1) is 30.6 Å². The molecule has 52 heavy (non-hydrogen) atoms. The van der Waals surface area contributed by atoms with Gasteiger partial charge in [0, 0.05) is 61.3 Å². The second-order valence-electron chi connectivity index (χ2n) is 13.9. The largest absolute Gasteiger partial charge is 0.507 e. The number of fused-ring (bicyclic) bond motifs is 4. The number of aliphatic hydroxyl groups is 2. The average molecular weight is 720 g/mol. The molecule has 1 aliphatic carbocycles. The summed E-state index contributed by atoms with van der Waals surface area (Å²) in [5.74, 6) is -7.62. The number of methoxy groups -OCH3 is 1. The van der Waals surface area contributed by atoms with Crippen molar-refractivity contribution in [1.82, 2.24) is 9.97 Å². The summed E-state index contributed by atoms with van der Waals surface area (Å²) in [6, 6.07) is 0. The highest BCUT2D eigenvalue weighted by molar-refractivity contribution is 6.56. The van der Waals surface area contributed by atoms with E-state index in [2.05, 4.69) is 15.0 Å². The first-order valence-corrected chi connectivity index (χ1v) is 17.1. The number of nitrogens with one attached hydrogen (secondary N) is 1. The van der Waals surface area contributed by atoms with E-state index in [1.54, 1.807) is 39.8 Å². The number of rotatable bonds is 2. The third-order valence-electron chi connectivity index (χ3n) is 10.3. The first-order chi connectivity index (χ1) is 24.4. The number of hydrogen-bond donors (Lipinski definition) is 4. The molecule has 0 unspecified atom stereocenters. The molecule has 4 N–H and O–H groups in total. The number of aliphatic imine (C=N–C) groups is 1. The molecular weight excluding hydrogens is 674 g/mol. The zero-order chi connectivity index (χ0) is 38.4. The van der Waals surface area contributed by atoms with Crippen LogP contribution in [0.25, 0.3) is 11.3 Å². The maximum absolute atomic E-state index is 14.2. The minimum atomic E-state index is -1.96. The van der Waals surface area contributed by atoms with Crippen LogP contribution in [0.15, 0.2) is 47.5 Å². The fraction of sp³-hybridized carbons (Fsp3) is 0.474. The van der Waals surface area contributed by atoms with Gasteiger partial charge in [-0.05, 0) is 19.9 Å². The average Bonchev–Trinajstić information content (AvgIpc) is 3.69. The number of ketones is 2. The van der Waals surface area contributed by atoms with Crippen LogP contribution in [0.1, 0.15) is 80.4 Å². The molecule has 1 amide bonds. The topological polar surface area (TPSA) is 207 Å². The molecule has 3 heterocycles. The van der Waals surface area contributed by atoms with Gasteiger partial charge in [-0.15, -0.1) is 0 Å². The van der Waals surface area contributed by atoms with Crippen molar-refractivity contribution in [3.8, 4) is 22.8 Å². The molecule has 1 aromatic heterocycles. The van der Waals surface area contributed by atoms with Crippen molar-refractivity contribution in [1.29, 1.82) is 0 Å². The number of carbonyl (C=O) groups excluding carboxylic acids is 4. The van der Waals surface area contributed by atoms with Gasteiger partial charge in [-0.25, -0.2) is 9.98 Å². The van der Waals surface area contributed by atoms with Crippen LogP contribution < -0.4 is 4.74 Å². The van der Waals surface area contributed by atoms with Crippen LogP contribution >= 0.6 is 0 Å². The highest BCUT2D eigenvalue weighted by Gasteiger charge is 2.52. The summed E-state index contributed by atoms with van der Waals surface area (Å²) >= 11 is 0. The molecule has 0 fully saturated rings. The van der Waals surface area contributed by atoms with Gasteiger partial charge in [-0.2, -0.15) is 0 Å². The molecule has 14 heteroatoms. The van der Waals surface area contributed by atoms with E-state index in [0.29, 0.717) is 0 Å². The number of phenolic OH excluding ortho intramolecular Hbond substituents is 1. The minimum absolute atomic E-state index is 0.00798. The van der Waals surface area contributed by atoms with Gasteiger partial charge in [0.15, 0.2) is 0 Å². The molecule has 0 saturated carbocycles. The number of phenols is 1. The number of aromatic nitrogens is 2. The lowest BCUT2D eigenvalue weighted by molar-refractivity contribution is -0.160. The number of aromatic amines is 1. The van der Waals surface area contributed by atoms with E-state index in [1.807, 2.05) is 0 Å². The highest BCUT2D eigenvalue weighted by Crippen LogP contribution is 2.51. The maximum atomic E-state index is 14.2. The van der Waals surface area contributed by atoms with Crippen molar-refractivity contribution in [2.24, 2.45) is 28.7 Å². The molecule has 5 rings (SSSR count). The number of hydrogen-bond acceptors (Lipinski definition) is 12. The predicted molar refractivity (Wildman–Crippen MR) is 188 cm³/mol. The molecule has 1 aromatic carbocycles. The second kappa shape index (κ2) is 14.6. The molecule has 0 spiro atoms. The lowest BCUT2D eigenvalue weighted by atomic mass is 9.78. The van der Waals surface area contributed by atoms with E-state index in [-0.39, 0.29) is 50.7 Å². The van der Waals surface area contributed by atoms with Gasteiger partial charge in [0.05, 0.1) is 53.4 Å². The first kappa shape index (κ1) is 38.3. The molecule has 0 saturated heterocycles. The predicted octanol–water partition coefficient (Wildman–Crippen LogP) is 4.15. The fourth-order valence-corrected chi connectivity index (χ4v) is 7.08. The number of aliphatic hydroxyl groups excluding tert-OH is 2. The molecule has 0 radical (unpaired) electrons. The highest BCUT2D eigenvalue weighted by atomic mass is 16.7. The van der Waals surface area contributed by atoms with Crippen molar-refractivity contribution >= 4 is 29.2 Å². The normalized spacial score (nSPS) is 33.2. The standard InChI is InChI=1S/C38H45N3O11/c1-16-11-10-12-17(2)37(48)41-29-28-27(39-15-40-28)24-25(33(29)46)32(45)21(6)35-26(24)36(47)38(8,52-35)50-14-13-23(49-9)18(3)34(51-22(7)42)20(5)31(44)19(4)30(16)43/h10-16,18-20,23,30-31,34,43-45H,1-9H3,(H,39,40)/b11-10+,14-13+,17-12-,41-29?/t16-,18-,19-,20-,23+,30+,31+,34+,38+/m1/s1. The summed E-state index contributed by atoms with van der Waals surface area (Å²) in [6.45, 7) is 12.6. The molecule has 9 atom stereocenters. The SMILES string of the molecule is CO[C@H]1/C=C/O[C@@]2(C)Oc3c(C)c(O)c4c(c3C2=O)-c2nc[nH]c2C(=NC(=O)/C(C)=C\C=C\[C@@H](C)[C@H](O)[C@@H](C)[C@H](O)[C@@H](C)[C@@H](OC(C)=O)[C@@H]1C)C4=O. The van der Waals surface area contributed by atoms with Crippen molar-refractivity contribution < 1.29 is 53.4 Å². The smallest absolute Gasteiger partial charge is 0.312 e. The molecule has 2 aliphatic heterocycles. The van der Waals surface area contributed by atoms with Crippen LogP contribution in [0.4, 0.5) is 0 Å². The van der Waals surface area contributed by atoms with Crippen LogP contribution in [-0.2, 0) is 23.8 Å². The summed E-state index contributed by atoms with van der Waals surface area (Å²) in [5.41, 5.74) is -0.144. The zero-order valence-corrected chi connectivity index (χ0v) is 30.6. The Labute approximate surface area is 301 Å². The molecule has 3 aliphatic rings. The first-order valence-electron chi connectivity index (χ1n) is 17.1. The molecule has 5 bridgehead atoms. The molecule has 278 valence electrons. The van der Waals surface area contributed by atoms with Gasteiger partial charge in [-0.1, -0.05) is 45.9 Å². The van der Waals surface area contributed by atoms with Crippen LogP contribution in [0.5, 0.6) is 11.5 Å². The van der Waals surface area contributed by atoms with Gasteiger partial charge >= 0.3 is 11.8 Å². The van der Waals surface area contributed by atoms with Crippen LogP contribution in [0.2, 0.25) is 0 Å². The van der Waals surface area contributed by atoms with E-state index in [1.165, 1.54) is 59.5 Å². The summed E-state index contributed by atoms with van der Waals surface area (Å²) < 4.78 is 23.5. The lowest BCUT2D eigenvalue weighted by Gasteiger charge is -2.38. The van der Waals surface area contributed by atoms with Crippen molar-refractivity contribution in [3.05, 3.63) is 64.9 Å². The van der Waals surface area contributed by atoms with Crippen LogP contribution in [0.3, 0.4) is 0 Å².